The standard InChI is InChI=1S/C15H24N2O2/c1-11(2)19-13-8-6-7-12(9-13)17-14(18)10-16-15(3,4)5/h6-9,11,16H,10H2,1-5H3,(H,17,18). The van der Waals surface area contributed by atoms with Crippen LogP contribution in [0.5, 0.6) is 5.75 Å². The first-order valence-electron chi connectivity index (χ1n) is 6.58. The zero-order valence-electron chi connectivity index (χ0n) is 12.4. The van der Waals surface area contributed by atoms with E-state index in [1.54, 1.807) is 0 Å². The Balaban J connectivity index is 2.54. The third kappa shape index (κ3) is 6.82. The molecular formula is C15H24N2O2. The van der Waals surface area contributed by atoms with Gasteiger partial charge in [-0.3, -0.25) is 4.79 Å². The molecule has 1 aromatic rings. The summed E-state index contributed by atoms with van der Waals surface area (Å²) in [6.07, 6.45) is 0.119. The summed E-state index contributed by atoms with van der Waals surface area (Å²) in [5.41, 5.74) is 0.679. The lowest BCUT2D eigenvalue weighted by atomic mass is 10.1. The van der Waals surface area contributed by atoms with Crippen LogP contribution in [0.2, 0.25) is 0 Å². The fraction of sp³-hybridized carbons (Fsp3) is 0.533. The third-order valence-corrected chi connectivity index (χ3v) is 2.27. The molecule has 0 spiro atoms. The van der Waals surface area contributed by atoms with E-state index in [1.165, 1.54) is 0 Å². The van der Waals surface area contributed by atoms with Crippen LogP contribution >= 0.6 is 0 Å². The minimum atomic E-state index is -0.0695. The van der Waals surface area contributed by atoms with E-state index in [0.717, 1.165) is 11.4 Å². The summed E-state index contributed by atoms with van der Waals surface area (Å²) in [5.74, 6) is 0.702. The summed E-state index contributed by atoms with van der Waals surface area (Å²) in [6, 6.07) is 7.42. The number of rotatable bonds is 5. The largest absolute Gasteiger partial charge is 0.491 e. The predicted octanol–water partition coefficient (Wildman–Crippen LogP) is 2.80. The molecule has 106 valence electrons. The Bertz CT molecular complexity index is 422. The first kappa shape index (κ1) is 15.5. The van der Waals surface area contributed by atoms with Crippen LogP contribution in [-0.2, 0) is 4.79 Å². The van der Waals surface area contributed by atoms with Crippen molar-refractivity contribution in [2.24, 2.45) is 0 Å². The molecule has 0 fully saturated rings. The summed E-state index contributed by atoms with van der Waals surface area (Å²) in [5, 5.41) is 5.99. The van der Waals surface area contributed by atoms with E-state index in [0.29, 0.717) is 6.54 Å². The number of carbonyl (C=O) groups is 1. The van der Waals surface area contributed by atoms with Gasteiger partial charge >= 0.3 is 0 Å². The smallest absolute Gasteiger partial charge is 0.238 e. The maximum Gasteiger partial charge on any atom is 0.238 e. The summed E-state index contributed by atoms with van der Waals surface area (Å²) in [4.78, 5) is 11.8. The number of ether oxygens (including phenoxy) is 1. The fourth-order valence-corrected chi connectivity index (χ4v) is 1.47. The van der Waals surface area contributed by atoms with Gasteiger partial charge in [0.2, 0.25) is 5.91 Å². The zero-order chi connectivity index (χ0) is 14.5. The SMILES string of the molecule is CC(C)Oc1cccc(NC(=O)CNC(C)(C)C)c1. The molecule has 0 radical (unpaired) electrons. The molecule has 0 saturated heterocycles. The number of amides is 1. The fourth-order valence-electron chi connectivity index (χ4n) is 1.47. The van der Waals surface area contributed by atoms with Crippen molar-refractivity contribution in [2.45, 2.75) is 46.3 Å². The summed E-state index contributed by atoms with van der Waals surface area (Å²) >= 11 is 0. The van der Waals surface area contributed by atoms with E-state index in [2.05, 4.69) is 10.6 Å². The van der Waals surface area contributed by atoms with Crippen LogP contribution < -0.4 is 15.4 Å². The molecule has 1 amide bonds. The molecule has 1 aromatic carbocycles. The molecule has 19 heavy (non-hydrogen) atoms. The van der Waals surface area contributed by atoms with E-state index in [4.69, 9.17) is 4.74 Å². The molecule has 0 unspecified atom stereocenters. The first-order chi connectivity index (χ1) is 8.76. The van der Waals surface area contributed by atoms with Crippen molar-refractivity contribution < 1.29 is 9.53 Å². The van der Waals surface area contributed by atoms with Gasteiger partial charge in [-0.2, -0.15) is 0 Å². The average molecular weight is 264 g/mol. The zero-order valence-corrected chi connectivity index (χ0v) is 12.4. The first-order valence-corrected chi connectivity index (χ1v) is 6.58. The average Bonchev–Trinajstić information content (AvgIpc) is 2.25. The Morgan fingerprint density at radius 1 is 1.32 bits per heavy atom. The summed E-state index contributed by atoms with van der Waals surface area (Å²) in [6.45, 7) is 10.3. The predicted molar refractivity (Wildman–Crippen MR) is 78.6 cm³/mol. The van der Waals surface area contributed by atoms with Crippen LogP contribution in [0.3, 0.4) is 0 Å². The second-order valence-corrected chi connectivity index (χ2v) is 5.85. The Kier molecular flexibility index (Phi) is 5.36. The van der Waals surface area contributed by atoms with Crippen molar-refractivity contribution in [2.75, 3.05) is 11.9 Å². The lowest BCUT2D eigenvalue weighted by Crippen LogP contribution is -2.41. The summed E-state index contributed by atoms with van der Waals surface area (Å²) in [7, 11) is 0. The van der Waals surface area contributed by atoms with Gasteiger partial charge in [0.15, 0.2) is 0 Å². The van der Waals surface area contributed by atoms with Gasteiger partial charge in [-0.15, -0.1) is 0 Å². The Morgan fingerprint density at radius 2 is 2.00 bits per heavy atom. The topological polar surface area (TPSA) is 50.4 Å². The van der Waals surface area contributed by atoms with Gasteiger partial charge in [0.1, 0.15) is 5.75 Å². The Hall–Kier alpha value is -1.55. The lowest BCUT2D eigenvalue weighted by Gasteiger charge is -2.20. The van der Waals surface area contributed by atoms with Gasteiger partial charge in [-0.05, 0) is 46.8 Å². The molecule has 0 aliphatic heterocycles. The molecule has 0 heterocycles. The van der Waals surface area contributed by atoms with E-state index in [-0.39, 0.29) is 17.6 Å². The number of anilines is 1. The van der Waals surface area contributed by atoms with E-state index in [9.17, 15) is 4.79 Å². The molecule has 4 nitrogen and oxygen atoms in total. The molecule has 0 aromatic heterocycles. The van der Waals surface area contributed by atoms with Crippen molar-refractivity contribution in [1.82, 2.24) is 5.32 Å². The maximum atomic E-state index is 11.8. The second kappa shape index (κ2) is 6.57. The van der Waals surface area contributed by atoms with Crippen molar-refractivity contribution in [3.05, 3.63) is 24.3 Å². The van der Waals surface area contributed by atoms with E-state index >= 15 is 0 Å². The van der Waals surface area contributed by atoms with Crippen LogP contribution in [0.4, 0.5) is 5.69 Å². The molecular weight excluding hydrogens is 240 g/mol. The molecule has 0 atom stereocenters. The van der Waals surface area contributed by atoms with E-state index < -0.39 is 0 Å². The van der Waals surface area contributed by atoms with Gasteiger partial charge in [-0.1, -0.05) is 6.07 Å². The van der Waals surface area contributed by atoms with Crippen molar-refractivity contribution in [3.63, 3.8) is 0 Å². The van der Waals surface area contributed by atoms with Gasteiger partial charge in [0.25, 0.3) is 0 Å². The van der Waals surface area contributed by atoms with Gasteiger partial charge in [0.05, 0.1) is 12.6 Å². The van der Waals surface area contributed by atoms with Crippen LogP contribution in [-0.4, -0.2) is 24.1 Å². The highest BCUT2D eigenvalue weighted by atomic mass is 16.5. The van der Waals surface area contributed by atoms with Crippen molar-refractivity contribution in [1.29, 1.82) is 0 Å². The highest BCUT2D eigenvalue weighted by Crippen LogP contribution is 2.18. The highest BCUT2D eigenvalue weighted by molar-refractivity contribution is 5.92. The molecule has 1 rings (SSSR count). The third-order valence-electron chi connectivity index (χ3n) is 2.27. The van der Waals surface area contributed by atoms with Crippen LogP contribution in [0.15, 0.2) is 24.3 Å². The quantitative estimate of drug-likeness (QED) is 0.859. The molecule has 0 aliphatic carbocycles. The van der Waals surface area contributed by atoms with Gasteiger partial charge in [0, 0.05) is 17.3 Å². The summed E-state index contributed by atoms with van der Waals surface area (Å²) < 4.78 is 5.58. The number of carbonyl (C=O) groups excluding carboxylic acids is 1. The van der Waals surface area contributed by atoms with Crippen LogP contribution in [0.25, 0.3) is 0 Å². The number of nitrogens with one attached hydrogen (secondary N) is 2. The van der Waals surface area contributed by atoms with Gasteiger partial charge < -0.3 is 15.4 Å². The lowest BCUT2D eigenvalue weighted by molar-refractivity contribution is -0.115. The maximum absolute atomic E-state index is 11.8. The van der Waals surface area contributed by atoms with Crippen LogP contribution in [0, 0.1) is 0 Å². The monoisotopic (exact) mass is 264 g/mol. The number of hydrogen-bond acceptors (Lipinski definition) is 3. The van der Waals surface area contributed by atoms with Crippen LogP contribution in [0.1, 0.15) is 34.6 Å². The van der Waals surface area contributed by atoms with Crippen molar-refractivity contribution in [3.8, 4) is 5.75 Å². The Morgan fingerprint density at radius 3 is 2.58 bits per heavy atom. The molecule has 4 heteroatoms. The number of hydrogen-bond donors (Lipinski definition) is 2. The Labute approximate surface area is 115 Å². The minimum absolute atomic E-state index is 0.0587. The molecule has 0 saturated carbocycles. The second-order valence-electron chi connectivity index (χ2n) is 5.85. The van der Waals surface area contributed by atoms with E-state index in [1.807, 2.05) is 58.9 Å². The van der Waals surface area contributed by atoms with Gasteiger partial charge in [-0.25, -0.2) is 0 Å². The minimum Gasteiger partial charge on any atom is -0.491 e. The molecule has 0 bridgehead atoms. The normalized spacial score (nSPS) is 11.5. The van der Waals surface area contributed by atoms with Crippen molar-refractivity contribution >= 4 is 11.6 Å². The highest BCUT2D eigenvalue weighted by Gasteiger charge is 2.11. The molecule has 2 N–H and O–H groups in total. The number of benzene rings is 1. The molecule has 0 aliphatic rings.